The average Bonchev–Trinajstić information content (AvgIpc) is 2.74. The normalized spacial score (nSPS) is 13.1. The van der Waals surface area contributed by atoms with E-state index in [2.05, 4.69) is 5.32 Å². The fraction of sp³-hybridized carbons (Fsp3) is 0.857. The van der Waals surface area contributed by atoms with Gasteiger partial charge in [-0.15, -0.1) is 0 Å². The first-order chi connectivity index (χ1) is 15.5. The largest absolute Gasteiger partial charge is 0.480 e. The fourth-order valence-electron chi connectivity index (χ4n) is 2.60. The van der Waals surface area contributed by atoms with Gasteiger partial charge in [0.25, 0.3) is 0 Å². The summed E-state index contributed by atoms with van der Waals surface area (Å²) in [7, 11) is 5.21. The highest BCUT2D eigenvalue weighted by molar-refractivity contribution is 5.73. The number of rotatable bonds is 17. The summed E-state index contributed by atoms with van der Waals surface area (Å²) < 4.78 is 0. The first-order valence-corrected chi connectivity index (χ1v) is 11.4. The van der Waals surface area contributed by atoms with Gasteiger partial charge in [0.1, 0.15) is 18.1 Å². The number of carbonyl (C=O) groups is 3. The van der Waals surface area contributed by atoms with Gasteiger partial charge in [0.15, 0.2) is 0 Å². The molecular formula is C21H48N6O6. The van der Waals surface area contributed by atoms with Crippen molar-refractivity contribution < 1.29 is 29.7 Å². The molecule has 0 spiro atoms. The molecule has 0 aromatic rings. The van der Waals surface area contributed by atoms with Gasteiger partial charge < -0.3 is 43.6 Å². The summed E-state index contributed by atoms with van der Waals surface area (Å²) in [5.41, 5.74) is 21.0. The molecular weight excluding hydrogens is 432 g/mol. The molecule has 0 aromatic heterocycles. The lowest BCUT2D eigenvalue weighted by molar-refractivity contribution is -0.142. The molecule has 0 aromatic carbocycles. The van der Waals surface area contributed by atoms with Gasteiger partial charge in [-0.1, -0.05) is 19.3 Å². The van der Waals surface area contributed by atoms with Gasteiger partial charge in [-0.3, -0.25) is 19.3 Å². The van der Waals surface area contributed by atoms with Crippen LogP contribution in [0.4, 0.5) is 0 Å². The van der Waals surface area contributed by atoms with Crippen molar-refractivity contribution in [1.82, 2.24) is 10.2 Å². The van der Waals surface area contributed by atoms with Crippen LogP contribution in [0.5, 0.6) is 0 Å². The Morgan fingerprint density at radius 2 is 1.15 bits per heavy atom. The molecule has 0 bridgehead atoms. The first-order valence-electron chi connectivity index (χ1n) is 11.4. The summed E-state index contributed by atoms with van der Waals surface area (Å²) in [6.45, 7) is 1.88. The Balaban J connectivity index is -0.000000411. The van der Waals surface area contributed by atoms with Crippen molar-refractivity contribution in [2.24, 2.45) is 22.9 Å². The minimum atomic E-state index is -0.933. The van der Waals surface area contributed by atoms with Crippen LogP contribution in [0.1, 0.15) is 57.8 Å². The number of carboxylic acid groups (broad SMARTS) is 3. The first kappa shape index (κ1) is 35.8. The van der Waals surface area contributed by atoms with Gasteiger partial charge >= 0.3 is 17.9 Å². The lowest BCUT2D eigenvalue weighted by Crippen LogP contribution is -2.35. The van der Waals surface area contributed by atoms with Crippen LogP contribution in [-0.4, -0.2) is 97.0 Å². The number of likely N-dealkylation sites (N-methyl/N-ethyl adjacent to an activating group) is 2. The molecule has 0 aliphatic rings. The van der Waals surface area contributed by atoms with Crippen molar-refractivity contribution in [3.05, 3.63) is 0 Å². The zero-order valence-electron chi connectivity index (χ0n) is 20.5. The van der Waals surface area contributed by atoms with E-state index in [-0.39, 0.29) is 6.04 Å². The summed E-state index contributed by atoms with van der Waals surface area (Å²) in [5, 5.41) is 28.4. The number of carboxylic acids is 3. The Bertz CT molecular complexity index is 496. The van der Waals surface area contributed by atoms with Crippen LogP contribution < -0.4 is 28.3 Å². The second kappa shape index (κ2) is 24.8. The second-order valence-corrected chi connectivity index (χ2v) is 7.80. The molecule has 0 aliphatic carbocycles. The molecule has 12 N–H and O–H groups in total. The van der Waals surface area contributed by atoms with Crippen molar-refractivity contribution in [3.63, 3.8) is 0 Å². The summed E-state index contributed by atoms with van der Waals surface area (Å²) in [4.78, 5) is 33.0. The minimum absolute atomic E-state index is 0.364. The number of unbranched alkanes of at least 4 members (excludes halogenated alkanes) is 3. The zero-order valence-corrected chi connectivity index (χ0v) is 20.5. The van der Waals surface area contributed by atoms with Gasteiger partial charge in [-0.05, 0) is 79.3 Å². The van der Waals surface area contributed by atoms with E-state index in [1.807, 2.05) is 0 Å². The van der Waals surface area contributed by atoms with Gasteiger partial charge in [-0.25, -0.2) is 0 Å². The zero-order chi connectivity index (χ0) is 26.2. The number of hydrogen-bond acceptors (Lipinski definition) is 9. The van der Waals surface area contributed by atoms with Gasteiger partial charge in [-0.2, -0.15) is 0 Å². The molecule has 0 aliphatic heterocycles. The number of hydrogen-bond donors (Lipinski definition) is 8. The smallest absolute Gasteiger partial charge is 0.320 e. The Labute approximate surface area is 198 Å². The maximum Gasteiger partial charge on any atom is 0.320 e. The van der Waals surface area contributed by atoms with Gasteiger partial charge in [0.05, 0.1) is 0 Å². The Morgan fingerprint density at radius 3 is 1.45 bits per heavy atom. The molecule has 33 heavy (non-hydrogen) atoms. The van der Waals surface area contributed by atoms with Crippen molar-refractivity contribution in [2.45, 2.75) is 75.9 Å². The van der Waals surface area contributed by atoms with Crippen LogP contribution in [0.2, 0.25) is 0 Å². The molecule has 3 atom stereocenters. The summed E-state index contributed by atoms with van der Waals surface area (Å²) in [6.07, 6.45) is 7.04. The monoisotopic (exact) mass is 480 g/mol. The predicted octanol–water partition coefficient (Wildman–Crippen LogP) is -0.554. The average molecular weight is 481 g/mol. The second-order valence-electron chi connectivity index (χ2n) is 7.80. The lowest BCUT2D eigenvalue weighted by atomic mass is 10.1. The molecule has 0 saturated carbocycles. The molecule has 0 unspecified atom stereocenters. The highest BCUT2D eigenvalue weighted by atomic mass is 16.4. The Kier molecular flexibility index (Phi) is 26.9. The maximum atomic E-state index is 10.7. The maximum absolute atomic E-state index is 10.7. The van der Waals surface area contributed by atoms with Gasteiger partial charge in [0, 0.05) is 0 Å². The molecule has 0 radical (unpaired) electrons. The standard InChI is InChI=1S/C8H18N2O2.C7H16N2O2.C6H14N2O2/c1-10(2)7(8(11)12)5-3-4-6-9;1-9-6(7(10)11)4-2-3-5-8;7-4-2-1-3-5(8)6(9)10/h7H,3-6,9H2,1-2H3,(H,11,12);6,9H,2-5,8H2,1H3,(H,10,11);5H,1-4,7-8H2,(H,9,10)/t7-;6-;5-/m000/s1. The molecule has 0 heterocycles. The fourth-order valence-corrected chi connectivity index (χ4v) is 2.60. The molecule has 0 rings (SSSR count). The van der Waals surface area contributed by atoms with E-state index in [0.717, 1.165) is 38.5 Å². The van der Waals surface area contributed by atoms with E-state index in [1.54, 1.807) is 26.0 Å². The van der Waals surface area contributed by atoms with E-state index in [4.69, 9.17) is 38.3 Å². The quantitative estimate of drug-likeness (QED) is 0.122. The summed E-state index contributed by atoms with van der Waals surface area (Å²) >= 11 is 0. The molecule has 0 fully saturated rings. The van der Waals surface area contributed by atoms with E-state index in [1.165, 1.54) is 0 Å². The Morgan fingerprint density at radius 1 is 0.727 bits per heavy atom. The SMILES string of the molecule is CN(C)[C@@H](CCCCN)C(=O)O.CN[C@@H](CCCCN)C(=O)O.NCCCC[C@H](N)C(=O)O. The third-order valence-electron chi connectivity index (χ3n) is 4.72. The highest BCUT2D eigenvalue weighted by Crippen LogP contribution is 2.05. The van der Waals surface area contributed by atoms with E-state index < -0.39 is 30.0 Å². The number of aliphatic carboxylic acids is 3. The lowest BCUT2D eigenvalue weighted by Gasteiger charge is -2.19. The topological polar surface area (TPSA) is 231 Å². The number of nitrogens with one attached hydrogen (secondary N) is 1. The molecule has 12 heteroatoms. The number of nitrogens with two attached hydrogens (primary N) is 4. The summed E-state index contributed by atoms with van der Waals surface area (Å²) in [6, 6.07) is -1.50. The molecule has 198 valence electrons. The third-order valence-corrected chi connectivity index (χ3v) is 4.72. The van der Waals surface area contributed by atoms with Crippen molar-refractivity contribution in [3.8, 4) is 0 Å². The summed E-state index contributed by atoms with van der Waals surface area (Å²) in [5.74, 6) is -2.47. The Hall–Kier alpha value is -1.83. The van der Waals surface area contributed by atoms with Crippen LogP contribution in [0.25, 0.3) is 0 Å². The van der Waals surface area contributed by atoms with Crippen LogP contribution >= 0.6 is 0 Å². The van der Waals surface area contributed by atoms with Crippen LogP contribution in [0.3, 0.4) is 0 Å². The molecule has 12 nitrogen and oxygen atoms in total. The van der Waals surface area contributed by atoms with Gasteiger partial charge in [0.2, 0.25) is 0 Å². The predicted molar refractivity (Wildman–Crippen MR) is 130 cm³/mol. The highest BCUT2D eigenvalue weighted by Gasteiger charge is 2.18. The molecule has 0 saturated heterocycles. The molecule has 0 amide bonds. The third kappa shape index (κ3) is 24.6. The van der Waals surface area contributed by atoms with Crippen molar-refractivity contribution in [1.29, 1.82) is 0 Å². The number of nitrogens with zero attached hydrogens (tertiary/aromatic N) is 1. The van der Waals surface area contributed by atoms with E-state index >= 15 is 0 Å². The van der Waals surface area contributed by atoms with Crippen molar-refractivity contribution in [2.75, 3.05) is 40.8 Å². The van der Waals surface area contributed by atoms with E-state index in [0.29, 0.717) is 38.9 Å². The van der Waals surface area contributed by atoms with Crippen molar-refractivity contribution >= 4 is 17.9 Å². The minimum Gasteiger partial charge on any atom is -0.480 e. The van der Waals surface area contributed by atoms with Crippen LogP contribution in [0, 0.1) is 0 Å². The van der Waals surface area contributed by atoms with E-state index in [9.17, 15) is 14.4 Å². The van der Waals surface area contributed by atoms with Crippen LogP contribution in [-0.2, 0) is 14.4 Å². The van der Waals surface area contributed by atoms with Crippen LogP contribution in [0.15, 0.2) is 0 Å².